The molecule has 116 valence electrons. The number of ether oxygens (including phenoxy) is 2. The fourth-order valence-electron chi connectivity index (χ4n) is 0.972. The summed E-state index contributed by atoms with van der Waals surface area (Å²) in [6.45, 7) is 0. The minimum Gasteiger partial charge on any atom is -0.481 e. The third-order valence-corrected chi connectivity index (χ3v) is 2.00. The molecule has 0 saturated heterocycles. The van der Waals surface area contributed by atoms with Crippen molar-refractivity contribution in [2.45, 2.75) is 38.5 Å². The van der Waals surface area contributed by atoms with E-state index in [4.69, 9.17) is 10.2 Å². The Morgan fingerprint density at radius 2 is 1.00 bits per heavy atom. The summed E-state index contributed by atoms with van der Waals surface area (Å²) in [6.07, 6.45) is 1.11. The summed E-state index contributed by atoms with van der Waals surface area (Å²) >= 11 is 0. The number of esters is 2. The van der Waals surface area contributed by atoms with Crippen molar-refractivity contribution in [1.29, 1.82) is 0 Å². The van der Waals surface area contributed by atoms with E-state index in [-0.39, 0.29) is 37.6 Å². The first-order valence-corrected chi connectivity index (χ1v) is 5.90. The number of carbonyl (C=O) groups is 4. The molecule has 2 N–H and O–H groups in total. The van der Waals surface area contributed by atoms with Gasteiger partial charge in [-0.1, -0.05) is 0 Å². The van der Waals surface area contributed by atoms with Crippen molar-refractivity contribution >= 4 is 23.9 Å². The maximum atomic E-state index is 10.4. The molecule has 8 heteroatoms. The van der Waals surface area contributed by atoms with E-state index in [1.807, 2.05) is 0 Å². The summed E-state index contributed by atoms with van der Waals surface area (Å²) < 4.78 is 8.60. The molecule has 0 aromatic heterocycles. The maximum Gasteiger partial charge on any atom is 0.305 e. The standard InChI is InChI=1S/2C6H10O4/c2*1-10-6(9)4-2-3-5(7)8/h2*2-4H2,1H3,(H,7,8). The molecule has 8 nitrogen and oxygen atoms in total. The van der Waals surface area contributed by atoms with Gasteiger partial charge in [-0.25, -0.2) is 0 Å². The van der Waals surface area contributed by atoms with Gasteiger partial charge in [0, 0.05) is 25.7 Å². The number of rotatable bonds is 8. The van der Waals surface area contributed by atoms with E-state index >= 15 is 0 Å². The molecule has 0 radical (unpaired) electrons. The van der Waals surface area contributed by atoms with E-state index in [2.05, 4.69) is 9.47 Å². The van der Waals surface area contributed by atoms with Gasteiger partial charge in [0.2, 0.25) is 0 Å². The Hall–Kier alpha value is -2.12. The first kappa shape index (κ1) is 20.2. The van der Waals surface area contributed by atoms with Crippen LogP contribution in [0.2, 0.25) is 0 Å². The zero-order valence-electron chi connectivity index (χ0n) is 11.6. The average Bonchev–Trinajstić information content (AvgIpc) is 2.38. The van der Waals surface area contributed by atoms with Crippen molar-refractivity contribution < 1.29 is 38.9 Å². The molecular weight excluding hydrogens is 272 g/mol. The highest BCUT2D eigenvalue weighted by Crippen LogP contribution is 1.96. The van der Waals surface area contributed by atoms with Gasteiger partial charge in [-0.05, 0) is 12.8 Å². The number of aliphatic carboxylic acids is 2. The highest BCUT2D eigenvalue weighted by atomic mass is 16.5. The summed E-state index contributed by atoms with van der Waals surface area (Å²) in [5.41, 5.74) is 0. The van der Waals surface area contributed by atoms with Gasteiger partial charge in [0.1, 0.15) is 0 Å². The molecular formula is C12H20O8. The topological polar surface area (TPSA) is 127 Å². The summed E-state index contributed by atoms with van der Waals surface area (Å²) in [6, 6.07) is 0. The molecule has 0 aliphatic rings. The molecule has 0 aromatic carbocycles. The monoisotopic (exact) mass is 292 g/mol. The quantitative estimate of drug-likeness (QED) is 0.629. The van der Waals surface area contributed by atoms with E-state index in [1.54, 1.807) is 0 Å². The second kappa shape index (κ2) is 13.3. The molecule has 0 amide bonds. The Balaban J connectivity index is 0. The van der Waals surface area contributed by atoms with Gasteiger partial charge in [0.25, 0.3) is 0 Å². The second-order valence-corrected chi connectivity index (χ2v) is 3.65. The minimum atomic E-state index is -0.885. The highest BCUT2D eigenvalue weighted by molar-refractivity contribution is 5.71. The Kier molecular flexibility index (Phi) is 13.4. The number of carboxylic acid groups (broad SMARTS) is 2. The second-order valence-electron chi connectivity index (χ2n) is 3.65. The van der Waals surface area contributed by atoms with Crippen LogP contribution in [0.15, 0.2) is 0 Å². The van der Waals surface area contributed by atoms with Crippen LogP contribution in [0.5, 0.6) is 0 Å². The molecule has 20 heavy (non-hydrogen) atoms. The van der Waals surface area contributed by atoms with Gasteiger partial charge in [-0.15, -0.1) is 0 Å². The number of carbonyl (C=O) groups excluding carboxylic acids is 2. The van der Waals surface area contributed by atoms with E-state index in [9.17, 15) is 19.2 Å². The molecule has 0 aromatic rings. The highest BCUT2D eigenvalue weighted by Gasteiger charge is 2.02. The van der Waals surface area contributed by atoms with E-state index in [0.717, 1.165) is 0 Å². The van der Waals surface area contributed by atoms with Crippen LogP contribution in [0.25, 0.3) is 0 Å². The Morgan fingerprint density at radius 3 is 1.20 bits per heavy atom. The van der Waals surface area contributed by atoms with Crippen molar-refractivity contribution in [3.63, 3.8) is 0 Å². The number of hydrogen-bond donors (Lipinski definition) is 2. The van der Waals surface area contributed by atoms with E-state index < -0.39 is 11.9 Å². The van der Waals surface area contributed by atoms with Crippen LogP contribution >= 0.6 is 0 Å². The Bertz CT molecular complexity index is 291. The zero-order valence-corrected chi connectivity index (χ0v) is 11.6. The predicted molar refractivity (Wildman–Crippen MR) is 67.0 cm³/mol. The van der Waals surface area contributed by atoms with Crippen molar-refractivity contribution in [2.75, 3.05) is 14.2 Å². The largest absolute Gasteiger partial charge is 0.481 e. The molecule has 0 heterocycles. The lowest BCUT2D eigenvalue weighted by atomic mass is 10.2. The molecule has 0 spiro atoms. The van der Waals surface area contributed by atoms with Crippen LogP contribution in [0.1, 0.15) is 38.5 Å². The lowest BCUT2D eigenvalue weighted by Crippen LogP contribution is -2.02. The van der Waals surface area contributed by atoms with Crippen LogP contribution in [0.4, 0.5) is 0 Å². The van der Waals surface area contributed by atoms with Gasteiger partial charge in [-0.2, -0.15) is 0 Å². The Morgan fingerprint density at radius 1 is 0.700 bits per heavy atom. The minimum absolute atomic E-state index is 0.0229. The van der Waals surface area contributed by atoms with E-state index in [0.29, 0.717) is 12.8 Å². The van der Waals surface area contributed by atoms with Crippen LogP contribution in [0.3, 0.4) is 0 Å². The van der Waals surface area contributed by atoms with Gasteiger partial charge >= 0.3 is 23.9 Å². The van der Waals surface area contributed by atoms with Crippen LogP contribution in [0, 0.1) is 0 Å². The molecule has 0 aliphatic carbocycles. The van der Waals surface area contributed by atoms with Crippen molar-refractivity contribution in [2.24, 2.45) is 0 Å². The van der Waals surface area contributed by atoms with Crippen molar-refractivity contribution in [3.05, 3.63) is 0 Å². The maximum absolute atomic E-state index is 10.4. The average molecular weight is 292 g/mol. The van der Waals surface area contributed by atoms with Crippen molar-refractivity contribution in [1.82, 2.24) is 0 Å². The molecule has 0 fully saturated rings. The lowest BCUT2D eigenvalue weighted by Gasteiger charge is -1.94. The summed E-state index contributed by atoms with van der Waals surface area (Å²) in [5, 5.41) is 16.3. The molecule has 0 saturated carbocycles. The fraction of sp³-hybridized carbons (Fsp3) is 0.667. The first-order valence-electron chi connectivity index (χ1n) is 5.90. The van der Waals surface area contributed by atoms with Gasteiger partial charge in [0.05, 0.1) is 14.2 Å². The first-order chi connectivity index (χ1) is 9.33. The van der Waals surface area contributed by atoms with Crippen LogP contribution in [-0.4, -0.2) is 48.3 Å². The molecule has 0 aliphatic heterocycles. The summed E-state index contributed by atoms with van der Waals surface area (Å²) in [7, 11) is 2.56. The van der Waals surface area contributed by atoms with Crippen LogP contribution in [-0.2, 0) is 28.7 Å². The number of hydrogen-bond acceptors (Lipinski definition) is 6. The lowest BCUT2D eigenvalue weighted by molar-refractivity contribution is -0.143. The third kappa shape index (κ3) is 18.3. The molecule has 0 bridgehead atoms. The normalized spacial score (nSPS) is 8.90. The summed E-state index contributed by atoms with van der Waals surface area (Å²) in [4.78, 5) is 40.6. The third-order valence-electron chi connectivity index (χ3n) is 2.00. The number of methoxy groups -OCH3 is 2. The fourth-order valence-corrected chi connectivity index (χ4v) is 0.972. The molecule has 0 rings (SSSR count). The smallest absolute Gasteiger partial charge is 0.305 e. The Labute approximate surface area is 116 Å². The van der Waals surface area contributed by atoms with E-state index in [1.165, 1.54) is 14.2 Å². The predicted octanol–water partition coefficient (Wildman–Crippen LogP) is 0.829. The molecule has 0 atom stereocenters. The van der Waals surface area contributed by atoms with Gasteiger partial charge in [-0.3, -0.25) is 19.2 Å². The van der Waals surface area contributed by atoms with Crippen molar-refractivity contribution in [3.8, 4) is 0 Å². The summed E-state index contributed by atoms with van der Waals surface area (Å²) in [5.74, 6) is -2.49. The van der Waals surface area contributed by atoms with Gasteiger partial charge < -0.3 is 19.7 Å². The van der Waals surface area contributed by atoms with Crippen LogP contribution < -0.4 is 0 Å². The zero-order chi connectivity index (χ0) is 16.0. The SMILES string of the molecule is COC(=O)CCCC(=O)O.COC(=O)CCCC(=O)O. The molecule has 0 unspecified atom stereocenters. The van der Waals surface area contributed by atoms with Gasteiger partial charge in [0.15, 0.2) is 0 Å². The number of carboxylic acids is 2.